The normalized spacial score (nSPS) is 51.6. The van der Waals surface area contributed by atoms with Crippen LogP contribution in [0.5, 0.6) is 0 Å². The molecule has 0 spiro atoms. The molecule has 0 saturated carbocycles. The van der Waals surface area contributed by atoms with Crippen molar-refractivity contribution in [2.45, 2.75) is 39.4 Å². The van der Waals surface area contributed by atoms with Crippen LogP contribution < -0.4 is 5.09 Å². The van der Waals surface area contributed by atoms with Gasteiger partial charge in [-0.2, -0.15) is 0 Å². The molecule has 1 fully saturated rings. The number of rotatable bonds is 0. The lowest BCUT2D eigenvalue weighted by Crippen LogP contribution is -2.39. The first kappa shape index (κ1) is 8.49. The minimum Gasteiger partial charge on any atom is -0.295 e. The van der Waals surface area contributed by atoms with Crippen LogP contribution in [0.1, 0.15) is 27.7 Å². The molecule has 0 aromatic rings. The Morgan fingerprint density at radius 2 is 1.60 bits per heavy atom. The van der Waals surface area contributed by atoms with E-state index in [1.54, 1.807) is 0 Å². The second kappa shape index (κ2) is 3.19. The molecule has 0 aromatic heterocycles. The number of hydrogen-bond donors (Lipinski definition) is 1. The molecule has 0 radical (unpaired) electrons. The van der Waals surface area contributed by atoms with Crippen LogP contribution in [-0.2, 0) is 0 Å². The zero-order valence-electron chi connectivity index (χ0n) is 7.31. The van der Waals surface area contributed by atoms with E-state index in [1.807, 2.05) is 0 Å². The van der Waals surface area contributed by atoms with E-state index in [9.17, 15) is 0 Å². The van der Waals surface area contributed by atoms with Crippen molar-refractivity contribution in [1.29, 1.82) is 0 Å². The fraction of sp³-hybridized carbons (Fsp3) is 1.00. The highest BCUT2D eigenvalue weighted by Gasteiger charge is 2.28. The summed E-state index contributed by atoms with van der Waals surface area (Å²) < 4.78 is 0. The molecule has 0 amide bonds. The molecule has 0 aliphatic carbocycles. The van der Waals surface area contributed by atoms with Crippen molar-refractivity contribution in [2.75, 3.05) is 0 Å². The van der Waals surface area contributed by atoms with Crippen LogP contribution >= 0.6 is 8.73 Å². The summed E-state index contributed by atoms with van der Waals surface area (Å²) in [5, 5.41) is 3.54. The molecule has 5 unspecified atom stereocenters. The molecule has 1 saturated heterocycles. The molecule has 1 aliphatic heterocycles. The van der Waals surface area contributed by atoms with E-state index < -0.39 is 0 Å². The van der Waals surface area contributed by atoms with E-state index in [0.29, 0.717) is 0 Å². The largest absolute Gasteiger partial charge is 0.295 e. The fourth-order valence-corrected chi connectivity index (χ4v) is 2.79. The number of nitrogens with one attached hydrogen (secondary N) is 1. The maximum absolute atomic E-state index is 3.54. The van der Waals surface area contributed by atoms with Crippen molar-refractivity contribution in [3.63, 3.8) is 0 Å². The second-order valence-corrected chi connectivity index (χ2v) is 5.07. The molecular weight excluding hydrogens is 141 g/mol. The first-order valence-electron chi connectivity index (χ1n) is 4.14. The summed E-state index contributed by atoms with van der Waals surface area (Å²) in [4.78, 5) is 0. The van der Waals surface area contributed by atoms with Crippen LogP contribution in [0.25, 0.3) is 0 Å². The van der Waals surface area contributed by atoms with Gasteiger partial charge in [-0.25, -0.2) is 0 Å². The highest BCUT2D eigenvalue weighted by molar-refractivity contribution is 7.36. The van der Waals surface area contributed by atoms with Gasteiger partial charge in [0, 0.05) is 6.04 Å². The van der Waals surface area contributed by atoms with Gasteiger partial charge in [0.2, 0.25) is 0 Å². The molecule has 1 aliphatic rings. The first-order chi connectivity index (χ1) is 4.63. The molecule has 5 atom stereocenters. The lowest BCUT2D eigenvalue weighted by Gasteiger charge is -2.37. The van der Waals surface area contributed by atoms with Crippen molar-refractivity contribution in [3.05, 3.63) is 0 Å². The molecule has 10 heavy (non-hydrogen) atoms. The van der Waals surface area contributed by atoms with E-state index in [1.165, 1.54) is 0 Å². The van der Waals surface area contributed by atoms with Crippen LogP contribution in [0, 0.1) is 11.8 Å². The predicted octanol–water partition coefficient (Wildman–Crippen LogP) is 2.23. The molecule has 1 N–H and O–H groups in total. The summed E-state index contributed by atoms with van der Waals surface area (Å²) in [6.45, 7) is 9.36. The van der Waals surface area contributed by atoms with Gasteiger partial charge in [0.15, 0.2) is 0 Å². The van der Waals surface area contributed by atoms with Crippen molar-refractivity contribution >= 4 is 8.73 Å². The number of hydrogen-bond acceptors (Lipinski definition) is 1. The van der Waals surface area contributed by atoms with E-state index in [-0.39, 0.29) is 0 Å². The average Bonchev–Trinajstić information content (AvgIpc) is 1.93. The third kappa shape index (κ3) is 1.52. The maximum atomic E-state index is 3.54. The molecule has 1 rings (SSSR count). The van der Waals surface area contributed by atoms with Crippen molar-refractivity contribution in [3.8, 4) is 0 Å². The second-order valence-electron chi connectivity index (χ2n) is 3.58. The van der Waals surface area contributed by atoms with E-state index in [2.05, 4.69) is 32.8 Å². The monoisotopic (exact) mass is 159 g/mol. The minimum absolute atomic E-state index is 0.726. The summed E-state index contributed by atoms with van der Waals surface area (Å²) in [5.74, 6) is 1.74. The Bertz CT molecular complexity index is 102. The molecule has 2 heteroatoms. The van der Waals surface area contributed by atoms with Gasteiger partial charge >= 0.3 is 0 Å². The Labute approximate surface area is 65.8 Å². The highest BCUT2D eigenvalue weighted by Crippen LogP contribution is 2.35. The highest BCUT2D eigenvalue weighted by atomic mass is 31.1. The molecule has 1 heterocycles. The van der Waals surface area contributed by atoms with Crippen molar-refractivity contribution < 1.29 is 0 Å². The van der Waals surface area contributed by atoms with Gasteiger partial charge < -0.3 is 0 Å². The minimum atomic E-state index is 0.726. The molecule has 0 bridgehead atoms. The molecule has 1 nitrogen and oxygen atoms in total. The Hall–Kier alpha value is 0.390. The van der Waals surface area contributed by atoms with Gasteiger partial charge in [0.05, 0.1) is 0 Å². The van der Waals surface area contributed by atoms with Crippen LogP contribution in [0.2, 0.25) is 0 Å². The topological polar surface area (TPSA) is 12.0 Å². The summed E-state index contributed by atoms with van der Waals surface area (Å²) in [7, 11) is 0.972. The SMILES string of the molecule is CC1NPC(C)C(C)C1C. The van der Waals surface area contributed by atoms with Crippen molar-refractivity contribution in [1.82, 2.24) is 5.09 Å². The Morgan fingerprint density at radius 1 is 1.00 bits per heavy atom. The van der Waals surface area contributed by atoms with Crippen LogP contribution in [0.4, 0.5) is 0 Å². The summed E-state index contributed by atoms with van der Waals surface area (Å²) in [5.41, 5.74) is 0.881. The van der Waals surface area contributed by atoms with Crippen LogP contribution in [0.3, 0.4) is 0 Å². The van der Waals surface area contributed by atoms with Gasteiger partial charge in [-0.15, -0.1) is 0 Å². The van der Waals surface area contributed by atoms with Gasteiger partial charge in [-0.3, -0.25) is 5.09 Å². The zero-order valence-corrected chi connectivity index (χ0v) is 8.31. The molecular formula is C8H18NP. The third-order valence-corrected chi connectivity index (χ3v) is 4.55. The Balaban J connectivity index is 2.52. The Kier molecular flexibility index (Phi) is 2.71. The van der Waals surface area contributed by atoms with Crippen LogP contribution in [0.15, 0.2) is 0 Å². The van der Waals surface area contributed by atoms with E-state index in [0.717, 1.165) is 32.3 Å². The standard InChI is InChI=1S/C8H18NP/c1-5-6(2)8(4)10-9-7(5)3/h5-10H,1-4H3. The molecule has 60 valence electrons. The zero-order chi connectivity index (χ0) is 7.72. The quantitative estimate of drug-likeness (QED) is 0.534. The summed E-state index contributed by atoms with van der Waals surface area (Å²) in [6.07, 6.45) is 0. The van der Waals surface area contributed by atoms with E-state index in [4.69, 9.17) is 0 Å². The summed E-state index contributed by atoms with van der Waals surface area (Å²) >= 11 is 0. The Morgan fingerprint density at radius 3 is 2.10 bits per heavy atom. The van der Waals surface area contributed by atoms with Gasteiger partial charge in [0.25, 0.3) is 0 Å². The van der Waals surface area contributed by atoms with Crippen molar-refractivity contribution in [2.24, 2.45) is 11.8 Å². The summed E-state index contributed by atoms with van der Waals surface area (Å²) in [6, 6.07) is 0.726. The smallest absolute Gasteiger partial charge is 0.0101 e. The van der Waals surface area contributed by atoms with Gasteiger partial charge in [0.1, 0.15) is 0 Å². The lowest BCUT2D eigenvalue weighted by atomic mass is 9.88. The maximum Gasteiger partial charge on any atom is 0.0101 e. The third-order valence-electron chi connectivity index (χ3n) is 2.95. The molecule has 0 aromatic carbocycles. The van der Waals surface area contributed by atoms with Gasteiger partial charge in [-0.1, -0.05) is 29.5 Å². The van der Waals surface area contributed by atoms with Crippen LogP contribution in [-0.4, -0.2) is 11.7 Å². The first-order valence-corrected chi connectivity index (χ1v) is 5.21. The average molecular weight is 159 g/mol. The predicted molar refractivity (Wildman–Crippen MR) is 48.7 cm³/mol. The lowest BCUT2D eigenvalue weighted by molar-refractivity contribution is 0.304. The van der Waals surface area contributed by atoms with Gasteiger partial charge in [-0.05, 0) is 24.4 Å². The fourth-order valence-electron chi connectivity index (χ4n) is 1.44. The van der Waals surface area contributed by atoms with E-state index >= 15 is 0 Å².